The van der Waals surface area contributed by atoms with E-state index in [9.17, 15) is 28.1 Å². The quantitative estimate of drug-likeness (QED) is 0.0993. The molecule has 0 radical (unpaired) electrons. The molecule has 210 valence electrons. The molecule has 38 heavy (non-hydrogen) atoms. The first kappa shape index (κ1) is 30.8. The van der Waals surface area contributed by atoms with Gasteiger partial charge in [0.05, 0.1) is 24.2 Å². The number of amides is 2. The number of para-hydroxylation sites is 1. The van der Waals surface area contributed by atoms with E-state index in [1.54, 1.807) is 27.8 Å². The Morgan fingerprint density at radius 3 is 2.39 bits per heavy atom. The van der Waals surface area contributed by atoms with Gasteiger partial charge < -0.3 is 19.3 Å². The second-order valence-corrected chi connectivity index (χ2v) is 11.5. The molecular formula is C22H33N7O8S. The summed E-state index contributed by atoms with van der Waals surface area (Å²) in [6.45, 7) is 5.63. The molecule has 2 atom stereocenters. The zero-order chi connectivity index (χ0) is 28.7. The van der Waals surface area contributed by atoms with Gasteiger partial charge in [-0.3, -0.25) is 14.9 Å². The maximum atomic E-state index is 13.4. The van der Waals surface area contributed by atoms with Crippen LogP contribution in [0.2, 0.25) is 0 Å². The van der Waals surface area contributed by atoms with Crippen LogP contribution >= 0.6 is 0 Å². The number of ether oxygens (including phenoxy) is 2. The molecule has 0 unspecified atom stereocenters. The van der Waals surface area contributed by atoms with E-state index in [0.717, 1.165) is 16.4 Å². The van der Waals surface area contributed by atoms with Crippen molar-refractivity contribution < 1.29 is 32.4 Å². The Bertz CT molecular complexity index is 1180. The molecule has 1 saturated heterocycles. The Morgan fingerprint density at radius 2 is 1.82 bits per heavy atom. The summed E-state index contributed by atoms with van der Waals surface area (Å²) in [4.78, 5) is 40.6. The summed E-state index contributed by atoms with van der Waals surface area (Å²) in [5.41, 5.74) is 7.59. The first-order chi connectivity index (χ1) is 17.7. The SMILES string of the molecule is CN(CCOCCN(C)C(=O)[C@@H]1C[C@H](N=[N+]=[N-])CN1S(=O)(=O)c1ccccc1[N+](=O)[O-])C(=O)OC(C)(C)C. The molecule has 16 heteroatoms. The maximum absolute atomic E-state index is 13.4. The van der Waals surface area contributed by atoms with Gasteiger partial charge in [0, 0.05) is 44.7 Å². The van der Waals surface area contributed by atoms with Crippen LogP contribution in [0.5, 0.6) is 0 Å². The van der Waals surface area contributed by atoms with Crippen molar-refractivity contribution in [3.8, 4) is 0 Å². The molecule has 0 spiro atoms. The fourth-order valence-electron chi connectivity index (χ4n) is 3.68. The van der Waals surface area contributed by atoms with Crippen LogP contribution in [-0.2, 0) is 24.3 Å². The van der Waals surface area contributed by atoms with Gasteiger partial charge in [-0.2, -0.15) is 4.31 Å². The number of rotatable bonds is 11. The summed E-state index contributed by atoms with van der Waals surface area (Å²) < 4.78 is 38.4. The van der Waals surface area contributed by atoms with Gasteiger partial charge in [0.2, 0.25) is 5.91 Å². The van der Waals surface area contributed by atoms with Crippen molar-refractivity contribution in [2.24, 2.45) is 5.11 Å². The fourth-order valence-corrected chi connectivity index (χ4v) is 5.47. The highest BCUT2D eigenvalue weighted by atomic mass is 32.2. The number of hydrogen-bond donors (Lipinski definition) is 0. The van der Waals surface area contributed by atoms with E-state index >= 15 is 0 Å². The van der Waals surface area contributed by atoms with Crippen LogP contribution < -0.4 is 0 Å². The van der Waals surface area contributed by atoms with Gasteiger partial charge in [-0.25, -0.2) is 13.2 Å². The number of carbonyl (C=O) groups is 2. The van der Waals surface area contributed by atoms with Crippen LogP contribution in [0, 0.1) is 10.1 Å². The minimum Gasteiger partial charge on any atom is -0.444 e. The van der Waals surface area contributed by atoms with Crippen LogP contribution in [0.3, 0.4) is 0 Å². The summed E-state index contributed by atoms with van der Waals surface area (Å²) in [6, 6.07) is 2.81. The molecule has 15 nitrogen and oxygen atoms in total. The molecule has 0 aromatic heterocycles. The van der Waals surface area contributed by atoms with E-state index in [-0.39, 0.29) is 39.3 Å². The lowest BCUT2D eigenvalue weighted by Gasteiger charge is -2.27. The van der Waals surface area contributed by atoms with E-state index in [4.69, 9.17) is 15.0 Å². The zero-order valence-electron chi connectivity index (χ0n) is 22.0. The lowest BCUT2D eigenvalue weighted by Crippen LogP contribution is -2.47. The lowest BCUT2D eigenvalue weighted by atomic mass is 10.1. The average molecular weight is 556 g/mol. The van der Waals surface area contributed by atoms with E-state index in [2.05, 4.69) is 10.0 Å². The molecule has 1 aliphatic heterocycles. The molecule has 2 rings (SSSR count). The molecule has 0 aliphatic carbocycles. The summed E-state index contributed by atoms with van der Waals surface area (Å²) >= 11 is 0. The normalized spacial score (nSPS) is 17.9. The number of hydrogen-bond acceptors (Lipinski definition) is 9. The lowest BCUT2D eigenvalue weighted by molar-refractivity contribution is -0.387. The molecular weight excluding hydrogens is 522 g/mol. The number of nitrogens with zero attached hydrogens (tertiary/aromatic N) is 7. The highest BCUT2D eigenvalue weighted by molar-refractivity contribution is 7.89. The van der Waals surface area contributed by atoms with Crippen LogP contribution in [0.1, 0.15) is 27.2 Å². The number of sulfonamides is 1. The molecule has 0 bridgehead atoms. The topological polar surface area (TPSA) is 188 Å². The second kappa shape index (κ2) is 12.9. The van der Waals surface area contributed by atoms with Gasteiger partial charge >= 0.3 is 6.09 Å². The third-order valence-electron chi connectivity index (χ3n) is 5.61. The Hall–Kier alpha value is -3.46. The van der Waals surface area contributed by atoms with Crippen molar-refractivity contribution >= 4 is 27.7 Å². The molecule has 1 aromatic carbocycles. The second-order valence-electron chi connectivity index (χ2n) is 9.68. The number of benzene rings is 1. The Kier molecular flexibility index (Phi) is 10.4. The molecule has 0 saturated carbocycles. The number of azide groups is 1. The van der Waals surface area contributed by atoms with Gasteiger partial charge in [0.25, 0.3) is 15.7 Å². The van der Waals surface area contributed by atoms with Crippen molar-refractivity contribution in [1.82, 2.24) is 14.1 Å². The van der Waals surface area contributed by atoms with Crippen LogP contribution in [-0.4, -0.2) is 104 Å². The molecule has 1 aromatic rings. The first-order valence-electron chi connectivity index (χ1n) is 11.8. The standard InChI is InChI=1S/C22H33N7O8S/c1-22(2,3)37-21(31)27(5)11-13-36-12-10-26(4)20(30)18-14-16(24-25-23)15-28(18)38(34,35)19-9-7-6-8-17(19)29(32)33/h6-9,16,18H,10-15H2,1-5H3/t16-,18-/m0/s1. The predicted octanol–water partition coefficient (Wildman–Crippen LogP) is 2.38. The zero-order valence-corrected chi connectivity index (χ0v) is 22.8. The Morgan fingerprint density at radius 1 is 1.21 bits per heavy atom. The highest BCUT2D eigenvalue weighted by Gasteiger charge is 2.46. The van der Waals surface area contributed by atoms with Gasteiger partial charge in [-0.05, 0) is 38.8 Å². The Balaban J connectivity index is 2.05. The average Bonchev–Trinajstić information content (AvgIpc) is 3.27. The van der Waals surface area contributed by atoms with Crippen LogP contribution in [0.15, 0.2) is 34.3 Å². The molecule has 1 heterocycles. The van der Waals surface area contributed by atoms with E-state index in [1.165, 1.54) is 29.0 Å². The third-order valence-corrected chi connectivity index (χ3v) is 7.53. The largest absolute Gasteiger partial charge is 0.444 e. The number of carbonyl (C=O) groups excluding carboxylic acids is 2. The number of nitro groups is 1. The fraction of sp³-hybridized carbons (Fsp3) is 0.636. The molecule has 1 aliphatic rings. The summed E-state index contributed by atoms with van der Waals surface area (Å²) in [5, 5.41) is 15.0. The van der Waals surface area contributed by atoms with Crippen LogP contribution in [0.25, 0.3) is 10.4 Å². The summed E-state index contributed by atoms with van der Waals surface area (Å²) in [7, 11) is -1.44. The first-order valence-corrected chi connectivity index (χ1v) is 13.2. The summed E-state index contributed by atoms with van der Waals surface area (Å²) in [6.07, 6.45) is -0.571. The van der Waals surface area contributed by atoms with Crippen molar-refractivity contribution in [3.63, 3.8) is 0 Å². The van der Waals surface area contributed by atoms with Crippen LogP contribution in [0.4, 0.5) is 10.5 Å². The minimum atomic E-state index is -4.47. The predicted molar refractivity (Wildman–Crippen MR) is 136 cm³/mol. The van der Waals surface area contributed by atoms with E-state index in [1.807, 2.05) is 0 Å². The van der Waals surface area contributed by atoms with E-state index < -0.39 is 55.2 Å². The monoisotopic (exact) mass is 555 g/mol. The third kappa shape index (κ3) is 8.02. The van der Waals surface area contributed by atoms with Crippen molar-refractivity contribution in [3.05, 3.63) is 44.8 Å². The Labute approximate surface area is 221 Å². The minimum absolute atomic E-state index is 0.0748. The number of likely N-dealkylation sites (N-methyl/N-ethyl adjacent to an activating group) is 2. The maximum Gasteiger partial charge on any atom is 0.410 e. The van der Waals surface area contributed by atoms with Gasteiger partial charge in [0.1, 0.15) is 11.6 Å². The van der Waals surface area contributed by atoms with Crippen molar-refractivity contribution in [1.29, 1.82) is 0 Å². The highest BCUT2D eigenvalue weighted by Crippen LogP contribution is 2.33. The molecule has 0 N–H and O–H groups in total. The molecule has 1 fully saturated rings. The number of nitro benzene ring substituents is 1. The molecule has 2 amide bonds. The van der Waals surface area contributed by atoms with Gasteiger partial charge in [0.15, 0.2) is 4.90 Å². The summed E-state index contributed by atoms with van der Waals surface area (Å²) in [5.74, 6) is -0.572. The van der Waals surface area contributed by atoms with E-state index in [0.29, 0.717) is 0 Å². The van der Waals surface area contributed by atoms with Crippen molar-refractivity contribution in [2.45, 2.75) is 49.8 Å². The van der Waals surface area contributed by atoms with Crippen molar-refractivity contribution in [2.75, 3.05) is 46.9 Å². The van der Waals surface area contributed by atoms with Gasteiger partial charge in [-0.1, -0.05) is 17.2 Å². The van der Waals surface area contributed by atoms with Gasteiger partial charge in [-0.15, -0.1) is 0 Å². The smallest absolute Gasteiger partial charge is 0.410 e.